The van der Waals surface area contributed by atoms with Crippen molar-refractivity contribution in [3.63, 3.8) is 0 Å². The molecule has 0 atom stereocenters. The first-order chi connectivity index (χ1) is 12.6. The van der Waals surface area contributed by atoms with Crippen LogP contribution >= 0.6 is 0 Å². The summed E-state index contributed by atoms with van der Waals surface area (Å²) in [6.45, 7) is 6.43. The van der Waals surface area contributed by atoms with Crippen molar-refractivity contribution in [2.45, 2.75) is 13.5 Å². The molecule has 1 aliphatic heterocycles. The van der Waals surface area contributed by atoms with Crippen LogP contribution in [0.4, 0.5) is 0 Å². The lowest BCUT2D eigenvalue weighted by atomic mass is 10.1. The minimum Gasteiger partial charge on any atom is -0.497 e. The molecule has 1 amide bonds. The lowest BCUT2D eigenvalue weighted by Crippen LogP contribution is -2.47. The van der Waals surface area contributed by atoms with Crippen LogP contribution in [0, 0.1) is 6.92 Å². The van der Waals surface area contributed by atoms with E-state index in [0.717, 1.165) is 44.0 Å². The largest absolute Gasteiger partial charge is 0.497 e. The summed E-state index contributed by atoms with van der Waals surface area (Å²) in [5.41, 5.74) is 3.61. The highest BCUT2D eigenvalue weighted by atomic mass is 16.5. The summed E-state index contributed by atoms with van der Waals surface area (Å²) < 4.78 is 5.14. The van der Waals surface area contributed by atoms with E-state index in [-0.39, 0.29) is 5.91 Å². The van der Waals surface area contributed by atoms with E-state index in [1.165, 1.54) is 11.1 Å². The average molecular weight is 350 g/mol. The van der Waals surface area contributed by atoms with Gasteiger partial charge in [-0.2, -0.15) is 0 Å². The van der Waals surface area contributed by atoms with Gasteiger partial charge in [0.15, 0.2) is 0 Å². The van der Waals surface area contributed by atoms with Crippen LogP contribution in [0.1, 0.15) is 16.7 Å². The number of amides is 1. The molecule has 0 radical (unpaired) electrons. The molecule has 2 aromatic carbocycles. The zero-order valence-corrected chi connectivity index (χ0v) is 15.5. The molecule has 0 aromatic heterocycles. The van der Waals surface area contributed by atoms with Gasteiger partial charge >= 0.3 is 0 Å². The third-order valence-corrected chi connectivity index (χ3v) is 4.74. The van der Waals surface area contributed by atoms with Crippen molar-refractivity contribution >= 4 is 12.0 Å². The standard InChI is InChI=1S/C22H26N2O2/c1-18-3-5-20(6-4-18)17-23-13-15-24(16-14-23)22(25)12-9-19-7-10-21(26-2)11-8-19/h3-12H,13-17H2,1-2H3/b12-9+. The maximum Gasteiger partial charge on any atom is 0.246 e. The molecule has 4 nitrogen and oxygen atoms in total. The SMILES string of the molecule is COc1ccc(/C=C/C(=O)N2CCN(Cc3ccc(C)cc3)CC2)cc1. The molecule has 26 heavy (non-hydrogen) atoms. The quantitative estimate of drug-likeness (QED) is 0.775. The summed E-state index contributed by atoms with van der Waals surface area (Å²) in [4.78, 5) is 16.7. The number of carbonyl (C=O) groups is 1. The Hall–Kier alpha value is -2.59. The summed E-state index contributed by atoms with van der Waals surface area (Å²) in [7, 11) is 1.65. The smallest absolute Gasteiger partial charge is 0.246 e. The average Bonchev–Trinajstić information content (AvgIpc) is 2.69. The third-order valence-electron chi connectivity index (χ3n) is 4.74. The van der Waals surface area contributed by atoms with Crippen LogP contribution in [-0.2, 0) is 11.3 Å². The molecule has 4 heteroatoms. The zero-order chi connectivity index (χ0) is 18.4. The van der Waals surface area contributed by atoms with E-state index < -0.39 is 0 Å². The molecule has 0 aliphatic carbocycles. The van der Waals surface area contributed by atoms with Crippen molar-refractivity contribution in [1.29, 1.82) is 0 Å². The van der Waals surface area contributed by atoms with Crippen LogP contribution in [0.15, 0.2) is 54.6 Å². The van der Waals surface area contributed by atoms with E-state index in [2.05, 4.69) is 36.1 Å². The van der Waals surface area contributed by atoms with Gasteiger partial charge in [-0.1, -0.05) is 42.0 Å². The minimum absolute atomic E-state index is 0.0794. The van der Waals surface area contributed by atoms with Crippen molar-refractivity contribution in [1.82, 2.24) is 9.80 Å². The molecule has 0 bridgehead atoms. The molecule has 0 spiro atoms. The topological polar surface area (TPSA) is 32.8 Å². The molecule has 1 heterocycles. The Labute approximate surface area is 155 Å². The Morgan fingerprint density at radius 2 is 1.65 bits per heavy atom. The van der Waals surface area contributed by atoms with Crippen LogP contribution in [0.25, 0.3) is 6.08 Å². The molecule has 1 fully saturated rings. The van der Waals surface area contributed by atoms with Crippen molar-refractivity contribution < 1.29 is 9.53 Å². The van der Waals surface area contributed by atoms with Crippen LogP contribution in [-0.4, -0.2) is 49.0 Å². The lowest BCUT2D eigenvalue weighted by molar-refractivity contribution is -0.127. The summed E-state index contributed by atoms with van der Waals surface area (Å²) in [5.74, 6) is 0.897. The molecule has 0 N–H and O–H groups in total. The van der Waals surface area contributed by atoms with E-state index >= 15 is 0 Å². The Bertz CT molecular complexity index is 743. The molecule has 0 saturated carbocycles. The summed E-state index contributed by atoms with van der Waals surface area (Å²) in [5, 5.41) is 0. The van der Waals surface area contributed by atoms with Gasteiger partial charge in [0.25, 0.3) is 0 Å². The second-order valence-corrected chi connectivity index (χ2v) is 6.69. The van der Waals surface area contributed by atoms with Gasteiger partial charge in [0, 0.05) is 38.8 Å². The minimum atomic E-state index is 0.0794. The fourth-order valence-corrected chi connectivity index (χ4v) is 3.07. The van der Waals surface area contributed by atoms with Gasteiger partial charge in [-0.15, -0.1) is 0 Å². The van der Waals surface area contributed by atoms with Crippen LogP contribution in [0.3, 0.4) is 0 Å². The number of hydrogen-bond donors (Lipinski definition) is 0. The molecular weight excluding hydrogens is 324 g/mol. The molecule has 1 aliphatic rings. The van der Waals surface area contributed by atoms with Crippen LogP contribution in [0.2, 0.25) is 0 Å². The maximum atomic E-state index is 12.4. The fraction of sp³-hybridized carbons (Fsp3) is 0.318. The molecule has 1 saturated heterocycles. The van der Waals surface area contributed by atoms with E-state index in [1.807, 2.05) is 35.2 Å². The van der Waals surface area contributed by atoms with Gasteiger partial charge < -0.3 is 9.64 Å². The summed E-state index contributed by atoms with van der Waals surface area (Å²) in [6, 6.07) is 16.4. The number of hydrogen-bond acceptors (Lipinski definition) is 3. The van der Waals surface area contributed by atoms with E-state index in [1.54, 1.807) is 13.2 Å². The van der Waals surface area contributed by atoms with E-state index in [0.29, 0.717) is 0 Å². The van der Waals surface area contributed by atoms with Gasteiger partial charge in [-0.25, -0.2) is 0 Å². The summed E-state index contributed by atoms with van der Waals surface area (Å²) in [6.07, 6.45) is 3.53. The van der Waals surface area contributed by atoms with Gasteiger partial charge in [-0.05, 0) is 36.3 Å². The van der Waals surface area contributed by atoms with Gasteiger partial charge in [0.05, 0.1) is 7.11 Å². The van der Waals surface area contributed by atoms with Crippen molar-refractivity contribution in [2.24, 2.45) is 0 Å². The summed E-state index contributed by atoms with van der Waals surface area (Å²) >= 11 is 0. The van der Waals surface area contributed by atoms with Crippen molar-refractivity contribution in [3.8, 4) is 5.75 Å². The molecule has 136 valence electrons. The fourth-order valence-electron chi connectivity index (χ4n) is 3.07. The third kappa shape index (κ3) is 4.96. The first-order valence-corrected chi connectivity index (χ1v) is 9.03. The second kappa shape index (κ2) is 8.68. The van der Waals surface area contributed by atoms with Crippen molar-refractivity contribution in [2.75, 3.05) is 33.3 Å². The number of aryl methyl sites for hydroxylation is 1. The highest BCUT2D eigenvalue weighted by Gasteiger charge is 2.19. The first kappa shape index (κ1) is 18.2. The number of ether oxygens (including phenoxy) is 1. The number of piperazine rings is 1. The lowest BCUT2D eigenvalue weighted by Gasteiger charge is -2.34. The monoisotopic (exact) mass is 350 g/mol. The predicted octanol–water partition coefficient (Wildman–Crippen LogP) is 3.36. The Balaban J connectivity index is 1.48. The zero-order valence-electron chi connectivity index (χ0n) is 15.5. The van der Waals surface area contributed by atoms with Crippen molar-refractivity contribution in [3.05, 3.63) is 71.3 Å². The maximum absolute atomic E-state index is 12.4. The molecular formula is C22H26N2O2. The van der Waals surface area contributed by atoms with Crippen LogP contribution in [0.5, 0.6) is 5.75 Å². The molecule has 2 aromatic rings. The predicted molar refractivity (Wildman–Crippen MR) is 105 cm³/mol. The number of nitrogens with zero attached hydrogens (tertiary/aromatic N) is 2. The highest BCUT2D eigenvalue weighted by molar-refractivity contribution is 5.91. The van der Waals surface area contributed by atoms with Gasteiger partial charge in [0.2, 0.25) is 5.91 Å². The number of methoxy groups -OCH3 is 1. The Morgan fingerprint density at radius 3 is 2.27 bits per heavy atom. The molecule has 3 rings (SSSR count). The normalized spacial score (nSPS) is 15.4. The van der Waals surface area contributed by atoms with Gasteiger partial charge in [-0.3, -0.25) is 9.69 Å². The number of benzene rings is 2. The molecule has 0 unspecified atom stereocenters. The number of rotatable bonds is 5. The Morgan fingerprint density at radius 1 is 1.00 bits per heavy atom. The first-order valence-electron chi connectivity index (χ1n) is 9.03. The Kier molecular flexibility index (Phi) is 6.08. The van der Waals surface area contributed by atoms with E-state index in [4.69, 9.17) is 4.74 Å². The van der Waals surface area contributed by atoms with E-state index in [9.17, 15) is 4.79 Å². The van der Waals surface area contributed by atoms with Gasteiger partial charge in [0.1, 0.15) is 5.75 Å². The van der Waals surface area contributed by atoms with Crippen LogP contribution < -0.4 is 4.74 Å². The second-order valence-electron chi connectivity index (χ2n) is 6.69. The highest BCUT2D eigenvalue weighted by Crippen LogP contribution is 2.13. The number of carbonyl (C=O) groups excluding carboxylic acids is 1.